The highest BCUT2D eigenvalue weighted by Crippen LogP contribution is 2.21. The van der Waals surface area contributed by atoms with Gasteiger partial charge in [-0.15, -0.1) is 0 Å². The summed E-state index contributed by atoms with van der Waals surface area (Å²) in [5.74, 6) is -1.41. The molecule has 0 heterocycles. The number of ether oxygens (including phenoxy) is 1. The second-order valence-electron chi connectivity index (χ2n) is 5.42. The molecule has 0 saturated carbocycles. The van der Waals surface area contributed by atoms with E-state index in [-0.39, 0.29) is 19.1 Å². The molecule has 0 bridgehead atoms. The highest BCUT2D eigenvalue weighted by molar-refractivity contribution is 5.94. The maximum Gasteiger partial charge on any atom is 0.308 e. The Morgan fingerprint density at radius 1 is 1.19 bits per heavy atom. The van der Waals surface area contributed by atoms with Crippen LogP contribution in [0.15, 0.2) is 24.3 Å². The Morgan fingerprint density at radius 2 is 1.76 bits per heavy atom. The highest BCUT2D eigenvalue weighted by atomic mass is 16.5. The van der Waals surface area contributed by atoms with Crippen molar-refractivity contribution in [3.05, 3.63) is 29.8 Å². The van der Waals surface area contributed by atoms with Crippen LogP contribution in [0.3, 0.4) is 0 Å². The van der Waals surface area contributed by atoms with Crippen LogP contribution < -0.4 is 4.90 Å². The zero-order valence-electron chi connectivity index (χ0n) is 13.0. The third-order valence-corrected chi connectivity index (χ3v) is 3.32. The average molecular weight is 293 g/mol. The summed E-state index contributed by atoms with van der Waals surface area (Å²) in [6.45, 7) is 5.82. The standard InChI is InChI=1S/C16H23NO4/c1-11(2)13-5-7-14(8-6-13)17(15(18)10-21-4)9-12(3)16(19)20/h5-8,11-12H,9-10H2,1-4H3,(H,19,20). The number of carbonyl (C=O) groups excluding carboxylic acids is 1. The molecule has 116 valence electrons. The van der Waals surface area contributed by atoms with E-state index in [1.54, 1.807) is 6.92 Å². The SMILES string of the molecule is COCC(=O)N(CC(C)C(=O)O)c1ccc(C(C)C)cc1. The molecule has 0 aliphatic heterocycles. The van der Waals surface area contributed by atoms with Crippen molar-refractivity contribution in [2.24, 2.45) is 5.92 Å². The molecule has 0 aliphatic rings. The molecule has 0 aliphatic carbocycles. The predicted octanol–water partition coefficient (Wildman–Crippen LogP) is 2.51. The molecular weight excluding hydrogens is 270 g/mol. The Labute approximate surface area is 125 Å². The molecule has 1 rings (SSSR count). The number of carboxylic acid groups (broad SMARTS) is 1. The first-order valence-corrected chi connectivity index (χ1v) is 6.98. The lowest BCUT2D eigenvalue weighted by Gasteiger charge is -2.25. The van der Waals surface area contributed by atoms with Gasteiger partial charge in [-0.3, -0.25) is 9.59 Å². The van der Waals surface area contributed by atoms with Crippen molar-refractivity contribution >= 4 is 17.6 Å². The minimum atomic E-state index is -0.927. The third kappa shape index (κ3) is 4.86. The molecule has 0 aromatic heterocycles. The Hall–Kier alpha value is -1.88. The van der Waals surface area contributed by atoms with Crippen LogP contribution >= 0.6 is 0 Å². The molecule has 0 spiro atoms. The quantitative estimate of drug-likeness (QED) is 0.839. The fourth-order valence-corrected chi connectivity index (χ4v) is 1.94. The summed E-state index contributed by atoms with van der Waals surface area (Å²) in [4.78, 5) is 24.6. The van der Waals surface area contributed by atoms with Crippen LogP contribution in [0.25, 0.3) is 0 Å². The van der Waals surface area contributed by atoms with E-state index >= 15 is 0 Å². The highest BCUT2D eigenvalue weighted by Gasteiger charge is 2.22. The largest absolute Gasteiger partial charge is 0.481 e. The van der Waals surface area contributed by atoms with E-state index in [2.05, 4.69) is 13.8 Å². The van der Waals surface area contributed by atoms with Gasteiger partial charge in [-0.25, -0.2) is 0 Å². The summed E-state index contributed by atoms with van der Waals surface area (Å²) in [5.41, 5.74) is 1.86. The molecule has 21 heavy (non-hydrogen) atoms. The second-order valence-corrected chi connectivity index (χ2v) is 5.42. The normalized spacial score (nSPS) is 12.2. The maximum atomic E-state index is 12.1. The number of benzene rings is 1. The molecule has 5 heteroatoms. The number of carboxylic acids is 1. The first-order valence-electron chi connectivity index (χ1n) is 6.98. The van der Waals surface area contributed by atoms with Crippen LogP contribution in [0.4, 0.5) is 5.69 Å². The topological polar surface area (TPSA) is 66.8 Å². The van der Waals surface area contributed by atoms with Crippen molar-refractivity contribution in [2.45, 2.75) is 26.7 Å². The van der Waals surface area contributed by atoms with Crippen LogP contribution in [-0.2, 0) is 14.3 Å². The molecular formula is C16H23NO4. The van der Waals surface area contributed by atoms with E-state index in [0.717, 1.165) is 0 Å². The first kappa shape index (κ1) is 17.2. The van der Waals surface area contributed by atoms with Crippen LogP contribution in [0.5, 0.6) is 0 Å². The molecule has 0 fully saturated rings. The molecule has 1 aromatic carbocycles. The number of hydrogen-bond donors (Lipinski definition) is 1. The third-order valence-electron chi connectivity index (χ3n) is 3.32. The van der Waals surface area contributed by atoms with E-state index in [1.807, 2.05) is 24.3 Å². The van der Waals surface area contributed by atoms with E-state index in [0.29, 0.717) is 11.6 Å². The van der Waals surface area contributed by atoms with Gasteiger partial charge < -0.3 is 14.7 Å². The molecule has 5 nitrogen and oxygen atoms in total. The number of amides is 1. The fourth-order valence-electron chi connectivity index (χ4n) is 1.94. The zero-order valence-corrected chi connectivity index (χ0v) is 13.0. The molecule has 1 unspecified atom stereocenters. The molecule has 0 radical (unpaired) electrons. The van der Waals surface area contributed by atoms with Crippen molar-refractivity contribution in [1.29, 1.82) is 0 Å². The monoisotopic (exact) mass is 293 g/mol. The second kappa shape index (κ2) is 7.78. The van der Waals surface area contributed by atoms with Crippen molar-refractivity contribution in [3.8, 4) is 0 Å². The van der Waals surface area contributed by atoms with Gasteiger partial charge in [0.25, 0.3) is 5.91 Å². The fraction of sp³-hybridized carbons (Fsp3) is 0.500. The minimum absolute atomic E-state index is 0.0712. The summed E-state index contributed by atoms with van der Waals surface area (Å²) < 4.78 is 4.87. The Balaban J connectivity index is 2.99. The number of nitrogens with zero attached hydrogens (tertiary/aromatic N) is 1. The van der Waals surface area contributed by atoms with Crippen molar-refractivity contribution < 1.29 is 19.4 Å². The van der Waals surface area contributed by atoms with Gasteiger partial charge in [0.2, 0.25) is 0 Å². The number of rotatable bonds is 7. The number of carbonyl (C=O) groups is 2. The lowest BCUT2D eigenvalue weighted by Crippen LogP contribution is -2.39. The van der Waals surface area contributed by atoms with E-state index < -0.39 is 11.9 Å². The summed E-state index contributed by atoms with van der Waals surface area (Å²) in [6, 6.07) is 7.60. The zero-order chi connectivity index (χ0) is 16.0. The average Bonchev–Trinajstić information content (AvgIpc) is 2.44. The molecule has 1 amide bonds. The minimum Gasteiger partial charge on any atom is -0.481 e. The molecule has 0 saturated heterocycles. The van der Waals surface area contributed by atoms with Gasteiger partial charge >= 0.3 is 5.97 Å². The predicted molar refractivity (Wildman–Crippen MR) is 81.6 cm³/mol. The van der Waals surface area contributed by atoms with E-state index in [4.69, 9.17) is 9.84 Å². The van der Waals surface area contributed by atoms with Crippen molar-refractivity contribution in [3.63, 3.8) is 0 Å². The Kier molecular flexibility index (Phi) is 6.37. The number of methoxy groups -OCH3 is 1. The number of anilines is 1. The smallest absolute Gasteiger partial charge is 0.308 e. The molecule has 1 N–H and O–H groups in total. The van der Waals surface area contributed by atoms with Crippen molar-refractivity contribution in [1.82, 2.24) is 0 Å². The lowest BCUT2D eigenvalue weighted by atomic mass is 10.0. The molecule has 1 atom stereocenters. The van der Waals surface area contributed by atoms with Crippen molar-refractivity contribution in [2.75, 3.05) is 25.2 Å². The number of aliphatic carboxylic acids is 1. The van der Waals surface area contributed by atoms with Crippen LogP contribution in [0.2, 0.25) is 0 Å². The van der Waals surface area contributed by atoms with Gasteiger partial charge in [-0.1, -0.05) is 32.9 Å². The summed E-state index contributed by atoms with van der Waals surface area (Å²) >= 11 is 0. The summed E-state index contributed by atoms with van der Waals surface area (Å²) in [7, 11) is 1.44. The molecule has 1 aromatic rings. The Morgan fingerprint density at radius 3 is 2.19 bits per heavy atom. The van der Waals surface area contributed by atoms with Gasteiger partial charge in [-0.05, 0) is 23.6 Å². The van der Waals surface area contributed by atoms with Gasteiger partial charge in [0.1, 0.15) is 6.61 Å². The van der Waals surface area contributed by atoms with Crippen LogP contribution in [-0.4, -0.2) is 37.2 Å². The number of hydrogen-bond acceptors (Lipinski definition) is 3. The lowest BCUT2D eigenvalue weighted by molar-refractivity contribution is -0.140. The van der Waals surface area contributed by atoms with Crippen LogP contribution in [0, 0.1) is 5.92 Å². The van der Waals surface area contributed by atoms with Gasteiger partial charge in [-0.2, -0.15) is 0 Å². The van der Waals surface area contributed by atoms with Crippen LogP contribution in [0.1, 0.15) is 32.3 Å². The van der Waals surface area contributed by atoms with E-state index in [1.165, 1.54) is 17.6 Å². The van der Waals surface area contributed by atoms with Gasteiger partial charge in [0, 0.05) is 19.3 Å². The van der Waals surface area contributed by atoms with Gasteiger partial charge in [0.15, 0.2) is 0 Å². The van der Waals surface area contributed by atoms with Gasteiger partial charge in [0.05, 0.1) is 5.92 Å². The van der Waals surface area contributed by atoms with E-state index in [9.17, 15) is 9.59 Å². The summed E-state index contributed by atoms with van der Waals surface area (Å²) in [5, 5.41) is 9.04. The summed E-state index contributed by atoms with van der Waals surface area (Å²) in [6.07, 6.45) is 0. The Bertz CT molecular complexity index is 482. The first-order chi connectivity index (χ1) is 9.86. The maximum absolute atomic E-state index is 12.1.